The topological polar surface area (TPSA) is 152 Å². The number of carbonyl (C=O) groups excluding carboxylic acids is 2. The minimum absolute atomic E-state index is 0.0142. The van der Waals surface area contributed by atoms with Gasteiger partial charge in [-0.2, -0.15) is 0 Å². The van der Waals surface area contributed by atoms with Crippen molar-refractivity contribution >= 4 is 56.4 Å². The first-order valence-corrected chi connectivity index (χ1v) is 23.4. The number of Topliss-reactive ketones (excluding diaryl/α,β-unsaturated/α-hetero) is 2. The average Bonchev–Trinajstić information content (AvgIpc) is 3.43. The van der Waals surface area contributed by atoms with E-state index in [0.29, 0.717) is 44.9 Å². The zero-order chi connectivity index (χ0) is 50.1. The molecule has 0 radical (unpaired) electrons. The van der Waals surface area contributed by atoms with Gasteiger partial charge in [0, 0.05) is 84.3 Å². The fourth-order valence-corrected chi connectivity index (χ4v) is 7.95. The van der Waals surface area contributed by atoms with E-state index in [-0.39, 0.29) is 11.6 Å². The summed E-state index contributed by atoms with van der Waals surface area (Å²) >= 11 is 0. The highest BCUT2D eigenvalue weighted by molar-refractivity contribution is 5.99. The fraction of sp³-hybridized carbons (Fsp3) is 0.100. The number of hydrogen-bond acceptors (Lipinski definition) is 12. The van der Waals surface area contributed by atoms with Gasteiger partial charge in [-0.15, -0.1) is 0 Å². The number of hydrogen-bond donors (Lipinski definition) is 4. The number of rotatable bonds is 14. The molecule has 0 aliphatic rings. The van der Waals surface area contributed by atoms with Crippen LogP contribution in [0, 0.1) is 0 Å². The highest BCUT2D eigenvalue weighted by atomic mass is 16.5. The van der Waals surface area contributed by atoms with Crippen LogP contribution in [0.1, 0.15) is 34.6 Å². The average molecular weight is 949 g/mol. The summed E-state index contributed by atoms with van der Waals surface area (Å²) in [5.74, 6) is 2.91. The van der Waals surface area contributed by atoms with Gasteiger partial charge in [-0.25, -0.2) is 19.9 Å². The van der Waals surface area contributed by atoms with Crippen LogP contribution in [0.5, 0.6) is 23.0 Å². The Labute approximate surface area is 418 Å². The lowest BCUT2D eigenvalue weighted by Gasteiger charge is -2.13. The first-order chi connectivity index (χ1) is 35.1. The smallest absolute Gasteiger partial charge is 0.159 e. The number of ketones is 2. The molecule has 0 saturated carbocycles. The van der Waals surface area contributed by atoms with Gasteiger partial charge in [0.2, 0.25) is 0 Å². The summed E-state index contributed by atoms with van der Waals surface area (Å²) in [6.45, 7) is 3.11. The summed E-state index contributed by atoms with van der Waals surface area (Å²) in [5, 5.41) is 12.5. The van der Waals surface area contributed by atoms with Crippen molar-refractivity contribution in [2.75, 3.05) is 49.5 Å². The largest absolute Gasteiger partial charge is 0.457 e. The van der Waals surface area contributed by atoms with Crippen molar-refractivity contribution in [1.29, 1.82) is 0 Å². The Morgan fingerprint density at radius 2 is 0.556 bits per heavy atom. The first kappa shape index (κ1) is 47.6. The predicted molar refractivity (Wildman–Crippen MR) is 292 cm³/mol. The second kappa shape index (κ2) is 21.5. The summed E-state index contributed by atoms with van der Waals surface area (Å²) in [6.07, 6.45) is 0. The monoisotopic (exact) mass is 948 g/mol. The SMILES string of the molecule is CNc1ccc(-c2nc3ccc(C(C)=O)cc3nc2-c2ccc(NC)cc2)cc1.CNc1ccc(Oc2ccc(-c3nc4ccc(C(C)=O)cc4nc3-c3ccc(Oc4ccc(NC)cc4)cc3)cc2)cc1. The molecule has 356 valence electrons. The second-order valence-corrected chi connectivity index (χ2v) is 16.8. The van der Waals surface area contributed by atoms with Gasteiger partial charge in [0.15, 0.2) is 11.6 Å². The number of benzene rings is 8. The van der Waals surface area contributed by atoms with Gasteiger partial charge in [-0.3, -0.25) is 9.59 Å². The van der Waals surface area contributed by atoms with E-state index in [0.717, 1.165) is 79.1 Å². The molecule has 10 aromatic rings. The van der Waals surface area contributed by atoms with Gasteiger partial charge in [0.25, 0.3) is 0 Å². The molecule has 0 unspecified atom stereocenters. The molecule has 0 fully saturated rings. The summed E-state index contributed by atoms with van der Waals surface area (Å²) in [6, 6.07) is 58.2. The van der Waals surface area contributed by atoms with Crippen molar-refractivity contribution in [3.05, 3.63) is 193 Å². The maximum Gasteiger partial charge on any atom is 0.159 e. The third-order valence-electron chi connectivity index (χ3n) is 12.0. The molecule has 10 rings (SSSR count). The van der Waals surface area contributed by atoms with E-state index in [1.165, 1.54) is 0 Å². The number of carbonyl (C=O) groups is 2. The molecule has 0 atom stereocenters. The van der Waals surface area contributed by atoms with Gasteiger partial charge in [0.05, 0.1) is 44.8 Å². The zero-order valence-corrected chi connectivity index (χ0v) is 40.7. The quantitative estimate of drug-likeness (QED) is 0.0768. The molecule has 8 aromatic carbocycles. The molecule has 2 aromatic heterocycles. The Bertz CT molecular complexity index is 3530. The van der Waals surface area contributed by atoms with E-state index < -0.39 is 0 Å². The summed E-state index contributed by atoms with van der Waals surface area (Å²) in [5.41, 5.74) is 14.9. The number of aromatic nitrogens is 4. The van der Waals surface area contributed by atoms with E-state index in [4.69, 9.17) is 29.4 Å². The summed E-state index contributed by atoms with van der Waals surface area (Å²) < 4.78 is 12.1. The molecule has 0 aliphatic heterocycles. The zero-order valence-electron chi connectivity index (χ0n) is 40.7. The minimum Gasteiger partial charge on any atom is -0.457 e. The second-order valence-electron chi connectivity index (χ2n) is 16.8. The van der Waals surface area contributed by atoms with Crippen molar-refractivity contribution in [1.82, 2.24) is 19.9 Å². The van der Waals surface area contributed by atoms with E-state index in [1.54, 1.807) is 32.0 Å². The molecular formula is C60H52N8O4. The van der Waals surface area contributed by atoms with Crippen LogP contribution in [0.25, 0.3) is 67.1 Å². The Balaban J connectivity index is 0.000000192. The lowest BCUT2D eigenvalue weighted by molar-refractivity contribution is 0.100. The van der Waals surface area contributed by atoms with Gasteiger partial charge in [-0.1, -0.05) is 24.3 Å². The molecule has 12 heteroatoms. The molecule has 0 bridgehead atoms. The fourth-order valence-electron chi connectivity index (χ4n) is 7.95. The maximum absolute atomic E-state index is 12.1. The molecule has 2 heterocycles. The highest BCUT2D eigenvalue weighted by Gasteiger charge is 2.17. The molecule has 0 saturated heterocycles. The van der Waals surface area contributed by atoms with Crippen LogP contribution in [0.15, 0.2) is 182 Å². The normalized spacial score (nSPS) is 10.8. The number of fused-ring (bicyclic) bond motifs is 2. The predicted octanol–water partition coefficient (Wildman–Crippen LogP) is 14.1. The number of nitrogens with one attached hydrogen (secondary N) is 4. The van der Waals surface area contributed by atoms with Gasteiger partial charge >= 0.3 is 0 Å². The van der Waals surface area contributed by atoms with Crippen LogP contribution >= 0.6 is 0 Å². The van der Waals surface area contributed by atoms with Crippen LogP contribution in [0.2, 0.25) is 0 Å². The summed E-state index contributed by atoms with van der Waals surface area (Å²) in [7, 11) is 7.55. The van der Waals surface area contributed by atoms with Crippen LogP contribution in [-0.2, 0) is 0 Å². The first-order valence-electron chi connectivity index (χ1n) is 23.4. The van der Waals surface area contributed by atoms with E-state index in [2.05, 4.69) is 21.3 Å². The molecule has 12 nitrogen and oxygen atoms in total. The molecule has 0 spiro atoms. The number of ether oxygens (including phenoxy) is 2. The summed E-state index contributed by atoms with van der Waals surface area (Å²) in [4.78, 5) is 43.7. The molecular weight excluding hydrogens is 897 g/mol. The Kier molecular flexibility index (Phi) is 14.2. The van der Waals surface area contributed by atoms with E-state index in [1.807, 2.05) is 192 Å². The third-order valence-corrected chi connectivity index (χ3v) is 12.0. The molecule has 0 aliphatic carbocycles. The lowest BCUT2D eigenvalue weighted by Crippen LogP contribution is -1.98. The Hall–Kier alpha value is -9.42. The van der Waals surface area contributed by atoms with Crippen molar-refractivity contribution in [2.45, 2.75) is 13.8 Å². The molecule has 4 N–H and O–H groups in total. The van der Waals surface area contributed by atoms with Crippen LogP contribution in [0.4, 0.5) is 22.7 Å². The van der Waals surface area contributed by atoms with Crippen molar-refractivity contribution in [3.8, 4) is 68.0 Å². The van der Waals surface area contributed by atoms with Gasteiger partial charge < -0.3 is 30.7 Å². The molecule has 72 heavy (non-hydrogen) atoms. The maximum atomic E-state index is 12.1. The Morgan fingerprint density at radius 1 is 0.319 bits per heavy atom. The third kappa shape index (κ3) is 10.9. The van der Waals surface area contributed by atoms with Crippen molar-refractivity contribution in [3.63, 3.8) is 0 Å². The van der Waals surface area contributed by atoms with E-state index >= 15 is 0 Å². The highest BCUT2D eigenvalue weighted by Crippen LogP contribution is 2.36. The molecule has 0 amide bonds. The van der Waals surface area contributed by atoms with Gasteiger partial charge in [0.1, 0.15) is 23.0 Å². The standard InChI is InChI=1S/C36H30N4O3.C24H22N4O/c1-23(41)26-8-21-33-34(22-26)40-36(25-6-15-30(16-7-25)43-32-19-11-28(38-3)12-20-32)35(39-33)24-4-13-29(14-5-24)42-31-17-9-27(37-2)10-18-31;1-15(29)18-8-13-21-22(14-18)28-24(17-6-11-20(26-3)12-7-17)23(27-21)16-4-9-19(25-2)10-5-16/h4-22,37-38H,1-3H3;4-14,25-26H,1-3H3. The van der Waals surface area contributed by atoms with E-state index in [9.17, 15) is 9.59 Å². The Morgan fingerprint density at radius 3 is 0.819 bits per heavy atom. The van der Waals surface area contributed by atoms with Crippen molar-refractivity contribution < 1.29 is 19.1 Å². The van der Waals surface area contributed by atoms with Crippen LogP contribution in [-0.4, -0.2) is 59.7 Å². The van der Waals surface area contributed by atoms with Crippen LogP contribution in [0.3, 0.4) is 0 Å². The number of anilines is 4. The van der Waals surface area contributed by atoms with Crippen molar-refractivity contribution in [2.24, 2.45) is 0 Å². The lowest BCUT2D eigenvalue weighted by atomic mass is 10.0. The minimum atomic E-state index is -0.0187. The van der Waals surface area contributed by atoms with Crippen LogP contribution < -0.4 is 30.7 Å². The van der Waals surface area contributed by atoms with Gasteiger partial charge in [-0.05, 0) is 172 Å². The number of nitrogens with zero attached hydrogens (tertiary/aromatic N) is 4.